The van der Waals surface area contributed by atoms with Crippen LogP contribution in [0.3, 0.4) is 0 Å². The summed E-state index contributed by atoms with van der Waals surface area (Å²) in [6.45, 7) is 27.4. The molecule has 71 heavy (non-hydrogen) atoms. The summed E-state index contributed by atoms with van der Waals surface area (Å²) in [6.07, 6.45) is 9.66. The van der Waals surface area contributed by atoms with Crippen LogP contribution in [0.2, 0.25) is 0 Å². The predicted molar refractivity (Wildman–Crippen MR) is 309 cm³/mol. The lowest BCUT2D eigenvalue weighted by Gasteiger charge is -2.51. The normalized spacial score (nSPS) is 23.7. The third-order valence-electron chi connectivity index (χ3n) is 19.8. The summed E-state index contributed by atoms with van der Waals surface area (Å²) < 4.78 is 5.78. The first-order valence-electron chi connectivity index (χ1n) is 26.8. The van der Waals surface area contributed by atoms with E-state index in [1.54, 1.807) is 0 Å². The number of benzene rings is 6. The molecule has 2 atom stereocenters. The average Bonchev–Trinajstić information content (AvgIpc) is 3.97. The van der Waals surface area contributed by atoms with Gasteiger partial charge >= 0.3 is 0 Å². The highest BCUT2D eigenvalue weighted by molar-refractivity contribution is 7.40. The summed E-state index contributed by atoms with van der Waals surface area (Å²) in [6, 6.07) is 46.2. The van der Waals surface area contributed by atoms with Crippen molar-refractivity contribution in [2.75, 3.05) is 14.7 Å². The van der Waals surface area contributed by atoms with Gasteiger partial charge in [-0.15, -0.1) is 22.7 Å². The summed E-state index contributed by atoms with van der Waals surface area (Å²) in [5.74, 6) is 0. The van der Waals surface area contributed by atoms with Gasteiger partial charge in [0.25, 0.3) is 6.71 Å². The van der Waals surface area contributed by atoms with Crippen LogP contribution in [0.4, 0.5) is 45.5 Å². The quantitative estimate of drug-likeness (QED) is 0.163. The molecule has 358 valence electrons. The van der Waals surface area contributed by atoms with Crippen molar-refractivity contribution in [3.05, 3.63) is 149 Å². The number of hydrogen-bond acceptors (Lipinski definition) is 5. The molecule has 0 saturated heterocycles. The first-order valence-corrected chi connectivity index (χ1v) is 28.5. The zero-order chi connectivity index (χ0) is 48.9. The predicted octanol–water partition coefficient (Wildman–Crippen LogP) is 16.9. The molecule has 0 amide bonds. The first-order chi connectivity index (χ1) is 33.8. The molecule has 3 aliphatic heterocycles. The van der Waals surface area contributed by atoms with Crippen LogP contribution < -0.4 is 29.7 Å². The summed E-state index contributed by atoms with van der Waals surface area (Å²) >= 11 is 4.16. The van der Waals surface area contributed by atoms with Gasteiger partial charge in [0.15, 0.2) is 0 Å². The number of rotatable bonds is 3. The van der Waals surface area contributed by atoms with E-state index < -0.39 is 0 Å². The van der Waals surface area contributed by atoms with E-state index in [4.69, 9.17) is 0 Å². The van der Waals surface area contributed by atoms with Crippen molar-refractivity contribution < 1.29 is 0 Å². The molecule has 0 spiro atoms. The number of fused-ring (bicyclic) bond motifs is 13. The maximum absolute atomic E-state index is 2.83. The van der Waals surface area contributed by atoms with Crippen LogP contribution in [0.1, 0.15) is 154 Å². The van der Waals surface area contributed by atoms with Crippen LogP contribution in [0.25, 0.3) is 20.2 Å². The minimum atomic E-state index is -0.0970. The van der Waals surface area contributed by atoms with Gasteiger partial charge in [0, 0.05) is 69.3 Å². The lowest BCUT2D eigenvalue weighted by Crippen LogP contribution is -2.59. The Labute approximate surface area is 431 Å². The third kappa shape index (κ3) is 5.90. The summed E-state index contributed by atoms with van der Waals surface area (Å²) in [5.41, 5.74) is 21.2. The zero-order valence-electron chi connectivity index (χ0n) is 43.9. The summed E-state index contributed by atoms with van der Waals surface area (Å²) in [4.78, 5) is 8.28. The van der Waals surface area contributed by atoms with Gasteiger partial charge in [-0.25, -0.2) is 0 Å². The van der Waals surface area contributed by atoms with Gasteiger partial charge in [-0.1, -0.05) is 129 Å². The third-order valence-corrected chi connectivity index (χ3v) is 22.2. The molecule has 6 aromatic carbocycles. The second-order valence-corrected chi connectivity index (χ2v) is 28.0. The molecule has 2 aromatic heterocycles. The average molecular weight is 966 g/mol. The van der Waals surface area contributed by atoms with E-state index in [0.717, 1.165) is 6.42 Å². The number of nitrogens with zero attached hydrogens (tertiary/aromatic N) is 3. The van der Waals surface area contributed by atoms with Crippen LogP contribution in [-0.2, 0) is 27.1 Å². The minimum absolute atomic E-state index is 0.0279. The van der Waals surface area contributed by atoms with Crippen LogP contribution in [0.15, 0.2) is 115 Å². The Hall–Kier alpha value is -5.30. The lowest BCUT2D eigenvalue weighted by atomic mass is 9.39. The van der Waals surface area contributed by atoms with Gasteiger partial charge in [-0.2, -0.15) is 0 Å². The molecule has 1 saturated carbocycles. The second-order valence-electron chi connectivity index (χ2n) is 25.8. The maximum atomic E-state index is 2.83. The molecule has 6 aliphatic rings. The Morgan fingerprint density at radius 1 is 0.437 bits per heavy atom. The van der Waals surface area contributed by atoms with Crippen LogP contribution in [0.5, 0.6) is 0 Å². The van der Waals surface area contributed by atoms with Gasteiger partial charge < -0.3 is 14.7 Å². The molecule has 5 heterocycles. The summed E-state index contributed by atoms with van der Waals surface area (Å²) in [7, 11) is 0. The molecule has 0 bridgehead atoms. The Bertz CT molecular complexity index is 3570. The van der Waals surface area contributed by atoms with Crippen molar-refractivity contribution in [2.45, 2.75) is 160 Å². The number of aryl methyl sites for hydroxylation is 1. The van der Waals surface area contributed by atoms with Crippen molar-refractivity contribution in [3.63, 3.8) is 0 Å². The van der Waals surface area contributed by atoms with Gasteiger partial charge in [0.1, 0.15) is 0 Å². The SMILES string of the molecule is Cc1ccc(N2c3cc(N4c5ccccc5C5(C)CCCCC45C)cc4c3B(c3sc5cc6c(cc5c3N4c3ccccc3)C(C)(C)CCC6(C)C)c3sc4cc5c(cc4c32)C(C)(C)CCC5(C)C)cc1. The fourth-order valence-corrected chi connectivity index (χ4v) is 17.8. The Kier molecular flexibility index (Phi) is 9.05. The van der Waals surface area contributed by atoms with E-state index in [1.165, 1.54) is 159 Å². The molecule has 2 unspecified atom stereocenters. The van der Waals surface area contributed by atoms with E-state index in [0.29, 0.717) is 0 Å². The lowest BCUT2D eigenvalue weighted by molar-refractivity contribution is 0.195. The number of anilines is 8. The Balaban J connectivity index is 1.15. The molecule has 3 nitrogen and oxygen atoms in total. The molecule has 3 aliphatic carbocycles. The van der Waals surface area contributed by atoms with Crippen LogP contribution >= 0.6 is 22.7 Å². The highest BCUT2D eigenvalue weighted by Gasteiger charge is 2.58. The van der Waals surface area contributed by atoms with Crippen LogP contribution in [0, 0.1) is 6.92 Å². The van der Waals surface area contributed by atoms with E-state index in [2.05, 4.69) is 229 Å². The molecule has 0 radical (unpaired) electrons. The topological polar surface area (TPSA) is 9.72 Å². The Morgan fingerprint density at radius 3 is 1.44 bits per heavy atom. The largest absolute Gasteiger partial charge is 0.334 e. The Morgan fingerprint density at radius 2 is 0.901 bits per heavy atom. The van der Waals surface area contributed by atoms with Crippen molar-refractivity contribution in [1.29, 1.82) is 0 Å². The molecule has 1 fully saturated rings. The van der Waals surface area contributed by atoms with E-state index in [1.807, 2.05) is 0 Å². The molecule has 8 aromatic rings. The molecule has 0 N–H and O–H groups in total. The monoisotopic (exact) mass is 965 g/mol. The number of hydrogen-bond donors (Lipinski definition) is 0. The standard InChI is InChI=1S/C65H68BN3S2/c1-39-23-25-41(26-24-39)68-52-34-42(69-50-22-16-15-21-45(50)64(10)27-17-18-28-65(64,69)11)33-51-55(52)66(59-57(68)44-36-47-49(38-54(44)71-59)63(8,9)32-30-61(47,4)5)58-56(67(51)40-19-13-12-14-20-40)43-35-46-48(37-53(43)70-58)62(6,7)31-29-60(46,2)3/h12-16,19-26,33-38H,17-18,27-32H2,1-11H3. The van der Waals surface area contributed by atoms with E-state index in [-0.39, 0.29) is 39.3 Å². The fraction of sp³-hybridized carbons (Fsp3) is 0.385. The van der Waals surface area contributed by atoms with Crippen molar-refractivity contribution in [2.24, 2.45) is 0 Å². The van der Waals surface area contributed by atoms with Crippen molar-refractivity contribution in [1.82, 2.24) is 0 Å². The van der Waals surface area contributed by atoms with E-state index in [9.17, 15) is 0 Å². The van der Waals surface area contributed by atoms with Gasteiger partial charge in [0.05, 0.1) is 16.9 Å². The highest BCUT2D eigenvalue weighted by atomic mass is 32.1. The second kappa shape index (κ2) is 14.5. The van der Waals surface area contributed by atoms with E-state index >= 15 is 0 Å². The fourth-order valence-electron chi connectivity index (χ4n) is 15.1. The number of thiophene rings is 2. The zero-order valence-corrected chi connectivity index (χ0v) is 45.5. The first kappa shape index (κ1) is 44.4. The van der Waals surface area contributed by atoms with Crippen molar-refractivity contribution >= 4 is 110 Å². The smallest absolute Gasteiger partial charge is 0.277 e. The molecular formula is C65H68BN3S2. The summed E-state index contributed by atoms with van der Waals surface area (Å²) in [5, 5.41) is 2.80. The molecule has 6 heteroatoms. The van der Waals surface area contributed by atoms with Crippen molar-refractivity contribution in [3.8, 4) is 0 Å². The van der Waals surface area contributed by atoms with Gasteiger partial charge in [-0.05, 0) is 174 Å². The maximum Gasteiger partial charge on any atom is 0.277 e. The van der Waals surface area contributed by atoms with Gasteiger partial charge in [0.2, 0.25) is 0 Å². The highest BCUT2D eigenvalue weighted by Crippen LogP contribution is 2.63. The van der Waals surface area contributed by atoms with Crippen LogP contribution in [-0.4, -0.2) is 12.3 Å². The number of para-hydroxylation sites is 2. The van der Waals surface area contributed by atoms with Gasteiger partial charge in [-0.3, -0.25) is 0 Å². The molecular weight excluding hydrogens is 898 g/mol. The minimum Gasteiger partial charge on any atom is -0.334 e. The molecule has 14 rings (SSSR count).